The number of nitrogens with zero attached hydrogens (tertiary/aromatic N) is 1. The number of esters is 1. The number of aromatic nitrogens is 1. The van der Waals surface area contributed by atoms with E-state index in [4.69, 9.17) is 4.74 Å². The minimum atomic E-state index is -0.271. The van der Waals surface area contributed by atoms with Crippen molar-refractivity contribution in [3.8, 4) is 5.75 Å². The van der Waals surface area contributed by atoms with Gasteiger partial charge in [-0.3, -0.25) is 14.5 Å². The normalized spacial score (nSPS) is 10.9. The molecule has 7 heteroatoms. The Morgan fingerprint density at radius 3 is 2.77 bits per heavy atom. The second kappa shape index (κ2) is 7.59. The lowest BCUT2D eigenvalue weighted by molar-refractivity contribution is -0.141. The molecule has 0 saturated heterocycles. The minimum Gasteiger partial charge on any atom is -0.492 e. The second-order valence-corrected chi connectivity index (χ2v) is 5.85. The van der Waals surface area contributed by atoms with E-state index in [-0.39, 0.29) is 16.3 Å². The molecule has 0 radical (unpaired) electrons. The highest BCUT2D eigenvalue weighted by Gasteiger charge is 2.08. The van der Waals surface area contributed by atoms with Crippen molar-refractivity contribution in [3.63, 3.8) is 0 Å². The molecule has 0 bridgehead atoms. The number of carbonyl (C=O) groups excluding carboxylic acids is 2. The summed E-state index contributed by atoms with van der Waals surface area (Å²) >= 11 is 1.75. The highest BCUT2D eigenvalue weighted by atomic mass is 127. The van der Waals surface area contributed by atoms with Crippen LogP contribution in [0, 0.1) is 0 Å². The van der Waals surface area contributed by atoms with Crippen LogP contribution in [0.15, 0.2) is 24.3 Å². The first-order valence-electron chi connectivity index (χ1n) is 6.70. The molecule has 22 heavy (non-hydrogen) atoms. The average molecular weight is 416 g/mol. The molecule has 1 heterocycles. The van der Waals surface area contributed by atoms with Crippen molar-refractivity contribution in [1.29, 1.82) is 0 Å². The smallest absolute Gasteiger partial charge is 0.319 e. The van der Waals surface area contributed by atoms with Gasteiger partial charge in [0.2, 0.25) is 3.79 Å². The number of hydrogen-bond acceptors (Lipinski definition) is 5. The summed E-state index contributed by atoms with van der Waals surface area (Å²) in [6.45, 7) is 1.30. The predicted molar refractivity (Wildman–Crippen MR) is 91.7 cm³/mol. The SMILES string of the molecule is COC(=O)CN(C)CCOc1ccc2[nH]c(C(=O)I)cc2c1. The molecule has 0 atom stereocenters. The fourth-order valence-electron chi connectivity index (χ4n) is 1.99. The average Bonchev–Trinajstić information content (AvgIpc) is 2.90. The van der Waals surface area contributed by atoms with E-state index in [0.717, 1.165) is 16.7 Å². The Morgan fingerprint density at radius 2 is 2.09 bits per heavy atom. The lowest BCUT2D eigenvalue weighted by atomic mass is 10.2. The minimum absolute atomic E-state index is 0.0271. The molecular formula is C15H17IN2O4. The molecule has 0 aliphatic heterocycles. The third-order valence-electron chi connectivity index (χ3n) is 3.17. The van der Waals surface area contributed by atoms with Gasteiger partial charge in [-0.25, -0.2) is 0 Å². The Bertz CT molecular complexity index is 683. The third-order valence-corrected chi connectivity index (χ3v) is 3.75. The van der Waals surface area contributed by atoms with E-state index in [2.05, 4.69) is 9.72 Å². The van der Waals surface area contributed by atoms with E-state index >= 15 is 0 Å². The number of hydrogen-bond donors (Lipinski definition) is 1. The van der Waals surface area contributed by atoms with Gasteiger partial charge in [0.05, 0.1) is 19.3 Å². The molecule has 2 aromatic rings. The Morgan fingerprint density at radius 1 is 1.32 bits per heavy atom. The number of nitrogens with one attached hydrogen (secondary N) is 1. The van der Waals surface area contributed by atoms with Crippen LogP contribution in [0.3, 0.4) is 0 Å². The number of likely N-dealkylation sites (N-methyl/N-ethyl adjacent to an activating group) is 1. The maximum absolute atomic E-state index is 11.3. The summed E-state index contributed by atoms with van der Waals surface area (Å²) in [4.78, 5) is 27.3. The van der Waals surface area contributed by atoms with Crippen molar-refractivity contribution in [2.75, 3.05) is 33.9 Å². The van der Waals surface area contributed by atoms with Gasteiger partial charge in [0.15, 0.2) is 0 Å². The zero-order valence-corrected chi connectivity index (χ0v) is 14.5. The van der Waals surface area contributed by atoms with Gasteiger partial charge in [0.25, 0.3) is 0 Å². The van der Waals surface area contributed by atoms with Crippen LogP contribution in [-0.2, 0) is 9.53 Å². The largest absolute Gasteiger partial charge is 0.492 e. The maximum Gasteiger partial charge on any atom is 0.319 e. The first kappa shape index (κ1) is 16.8. The van der Waals surface area contributed by atoms with Crippen LogP contribution in [0.4, 0.5) is 0 Å². The fraction of sp³-hybridized carbons (Fsp3) is 0.333. The molecule has 0 unspecified atom stereocenters. The van der Waals surface area contributed by atoms with Crippen molar-refractivity contribution in [3.05, 3.63) is 30.0 Å². The van der Waals surface area contributed by atoms with Gasteiger partial charge in [0.1, 0.15) is 12.4 Å². The first-order chi connectivity index (χ1) is 10.5. The number of H-pyrrole nitrogens is 1. The second-order valence-electron chi connectivity index (χ2n) is 4.87. The zero-order valence-electron chi connectivity index (χ0n) is 12.4. The van der Waals surface area contributed by atoms with Crippen LogP contribution in [-0.4, -0.2) is 53.5 Å². The van der Waals surface area contributed by atoms with Crippen LogP contribution >= 0.6 is 22.6 Å². The number of rotatable bonds is 7. The summed E-state index contributed by atoms with van der Waals surface area (Å²) < 4.78 is 10.3. The van der Waals surface area contributed by atoms with E-state index in [1.807, 2.05) is 30.1 Å². The van der Waals surface area contributed by atoms with Gasteiger partial charge in [-0.15, -0.1) is 0 Å². The Balaban J connectivity index is 1.92. The monoisotopic (exact) mass is 416 g/mol. The third kappa shape index (κ3) is 4.44. The number of aromatic amines is 1. The summed E-state index contributed by atoms with van der Waals surface area (Å²) in [7, 11) is 3.20. The molecule has 1 N–H and O–H groups in total. The zero-order chi connectivity index (χ0) is 16.1. The van der Waals surface area contributed by atoms with Crippen LogP contribution in [0.1, 0.15) is 10.5 Å². The number of carbonyl (C=O) groups is 2. The Hall–Kier alpha value is -1.61. The van der Waals surface area contributed by atoms with Crippen molar-refractivity contribution >= 4 is 43.3 Å². The van der Waals surface area contributed by atoms with Crippen LogP contribution < -0.4 is 4.74 Å². The van der Waals surface area contributed by atoms with Crippen LogP contribution in [0.2, 0.25) is 0 Å². The molecule has 0 fully saturated rings. The molecule has 0 spiro atoms. The highest BCUT2D eigenvalue weighted by molar-refractivity contribution is 14.1. The van der Waals surface area contributed by atoms with E-state index in [1.165, 1.54) is 7.11 Å². The van der Waals surface area contributed by atoms with Gasteiger partial charge in [-0.1, -0.05) is 0 Å². The molecule has 118 valence electrons. The first-order valence-corrected chi connectivity index (χ1v) is 7.78. The molecule has 2 rings (SSSR count). The van der Waals surface area contributed by atoms with Gasteiger partial charge in [-0.2, -0.15) is 0 Å². The lowest BCUT2D eigenvalue weighted by Crippen LogP contribution is -2.30. The van der Waals surface area contributed by atoms with E-state index in [0.29, 0.717) is 18.8 Å². The van der Waals surface area contributed by atoms with Gasteiger partial charge >= 0.3 is 5.97 Å². The molecule has 0 amide bonds. The summed E-state index contributed by atoms with van der Waals surface area (Å²) in [6.07, 6.45) is 0. The summed E-state index contributed by atoms with van der Waals surface area (Å²) in [5.41, 5.74) is 1.47. The maximum atomic E-state index is 11.3. The van der Waals surface area contributed by atoms with E-state index < -0.39 is 0 Å². The summed E-state index contributed by atoms with van der Waals surface area (Å²) in [6, 6.07) is 7.42. The van der Waals surface area contributed by atoms with Crippen molar-refractivity contribution < 1.29 is 19.1 Å². The van der Waals surface area contributed by atoms with Gasteiger partial charge < -0.3 is 14.5 Å². The van der Waals surface area contributed by atoms with E-state index in [9.17, 15) is 9.59 Å². The quantitative estimate of drug-likeness (QED) is 0.426. The molecular weight excluding hydrogens is 399 g/mol. The number of ether oxygens (including phenoxy) is 2. The summed E-state index contributed by atoms with van der Waals surface area (Å²) in [5, 5.41) is 0.931. The number of halogens is 1. The van der Waals surface area contributed by atoms with Crippen molar-refractivity contribution in [1.82, 2.24) is 9.88 Å². The Kier molecular flexibility index (Phi) is 5.78. The topological polar surface area (TPSA) is 71.6 Å². The van der Waals surface area contributed by atoms with E-state index in [1.54, 1.807) is 28.7 Å². The molecule has 1 aromatic carbocycles. The van der Waals surface area contributed by atoms with Crippen LogP contribution in [0.25, 0.3) is 10.9 Å². The van der Waals surface area contributed by atoms with Gasteiger partial charge in [0, 0.05) is 40.0 Å². The predicted octanol–water partition coefficient (Wildman–Crippen LogP) is 2.23. The standard InChI is InChI=1S/C15H17IN2O4/c1-18(9-14(19)21-2)5-6-22-11-3-4-12-10(7-11)8-13(17-12)15(16)20/h3-4,7-8,17H,5-6,9H2,1-2H3. The Labute approximate surface area is 141 Å². The molecule has 0 saturated carbocycles. The lowest BCUT2D eigenvalue weighted by Gasteiger charge is -2.15. The highest BCUT2D eigenvalue weighted by Crippen LogP contribution is 2.22. The molecule has 6 nitrogen and oxygen atoms in total. The van der Waals surface area contributed by atoms with Crippen LogP contribution in [0.5, 0.6) is 5.75 Å². The number of benzene rings is 1. The van der Waals surface area contributed by atoms with Gasteiger partial charge in [-0.05, 0) is 31.3 Å². The number of fused-ring (bicyclic) bond motifs is 1. The van der Waals surface area contributed by atoms with Crippen molar-refractivity contribution in [2.45, 2.75) is 0 Å². The van der Waals surface area contributed by atoms with Crippen molar-refractivity contribution in [2.24, 2.45) is 0 Å². The fourth-order valence-corrected chi connectivity index (χ4v) is 2.28. The molecule has 0 aliphatic carbocycles. The molecule has 1 aromatic heterocycles. The summed E-state index contributed by atoms with van der Waals surface area (Å²) in [5.74, 6) is 0.456. The molecule has 0 aliphatic rings. The number of methoxy groups -OCH3 is 1.